The first-order valence-corrected chi connectivity index (χ1v) is 11.4. The molecule has 1 aliphatic rings. The maximum absolute atomic E-state index is 12.9. The molecule has 1 aliphatic heterocycles. The van der Waals surface area contributed by atoms with Crippen molar-refractivity contribution >= 4 is 29.1 Å². The summed E-state index contributed by atoms with van der Waals surface area (Å²) in [6, 6.07) is 18.5. The van der Waals surface area contributed by atoms with Gasteiger partial charge in [0.05, 0.1) is 17.2 Å². The van der Waals surface area contributed by atoms with E-state index < -0.39 is 0 Å². The van der Waals surface area contributed by atoms with Gasteiger partial charge in [-0.05, 0) is 55.7 Å². The van der Waals surface area contributed by atoms with E-state index in [-0.39, 0.29) is 29.3 Å². The minimum Gasteiger partial charge on any atom is -0.350 e. The molecule has 0 saturated carbocycles. The fraction of sp³-hybridized carbons (Fsp3) is 0.240. The molecule has 2 heterocycles. The number of nitrogens with zero attached hydrogens (tertiary/aromatic N) is 2. The van der Waals surface area contributed by atoms with E-state index in [2.05, 4.69) is 10.2 Å². The lowest BCUT2D eigenvalue weighted by Crippen LogP contribution is -2.34. The summed E-state index contributed by atoms with van der Waals surface area (Å²) in [6.45, 7) is 0.753. The van der Waals surface area contributed by atoms with E-state index in [1.54, 1.807) is 23.5 Å². The second kappa shape index (κ2) is 9.46. The van der Waals surface area contributed by atoms with E-state index in [1.165, 1.54) is 15.8 Å². The summed E-state index contributed by atoms with van der Waals surface area (Å²) in [5, 5.41) is 4.97. The van der Waals surface area contributed by atoms with E-state index >= 15 is 0 Å². The summed E-state index contributed by atoms with van der Waals surface area (Å²) < 4.78 is 0. The Bertz CT molecular complexity index is 1130. The van der Waals surface area contributed by atoms with Gasteiger partial charge in [-0.15, -0.1) is 11.3 Å². The van der Waals surface area contributed by atoms with Crippen molar-refractivity contribution in [1.82, 2.24) is 15.1 Å². The Kier molecular flexibility index (Phi) is 6.48. The number of nitrogens with one attached hydrogen (secondary N) is 1. The Balaban J connectivity index is 1.44. The lowest BCUT2D eigenvalue weighted by atomic mass is 10.1. The first-order valence-electron chi connectivity index (χ1n) is 10.5. The molecule has 3 amide bonds. The molecule has 32 heavy (non-hydrogen) atoms. The van der Waals surface area contributed by atoms with Gasteiger partial charge in [0.15, 0.2) is 0 Å². The molecule has 3 aromatic rings. The summed E-state index contributed by atoms with van der Waals surface area (Å²) in [4.78, 5) is 42.9. The van der Waals surface area contributed by atoms with Crippen LogP contribution in [0.1, 0.15) is 47.6 Å². The molecule has 1 atom stereocenters. The van der Waals surface area contributed by atoms with Crippen LogP contribution in [0.2, 0.25) is 0 Å². The van der Waals surface area contributed by atoms with Crippen LogP contribution < -0.4 is 5.32 Å². The number of carbonyl (C=O) groups is 3. The van der Waals surface area contributed by atoms with Crippen molar-refractivity contribution in [3.63, 3.8) is 0 Å². The van der Waals surface area contributed by atoms with Gasteiger partial charge in [0.1, 0.15) is 0 Å². The van der Waals surface area contributed by atoms with Gasteiger partial charge < -0.3 is 10.2 Å². The molecule has 0 spiro atoms. The molecule has 0 fully saturated rings. The number of imide groups is 1. The number of hydrogen-bond donors (Lipinski definition) is 1. The average Bonchev–Trinajstić information content (AvgIpc) is 3.40. The zero-order valence-electron chi connectivity index (χ0n) is 18.1. The van der Waals surface area contributed by atoms with Gasteiger partial charge in [0, 0.05) is 23.5 Å². The van der Waals surface area contributed by atoms with Crippen LogP contribution >= 0.6 is 11.3 Å². The highest BCUT2D eigenvalue weighted by Crippen LogP contribution is 2.25. The molecule has 0 saturated heterocycles. The third-order valence-corrected chi connectivity index (χ3v) is 6.62. The lowest BCUT2D eigenvalue weighted by molar-refractivity contribution is 0.0656. The highest BCUT2D eigenvalue weighted by molar-refractivity contribution is 7.10. The van der Waals surface area contributed by atoms with Gasteiger partial charge in [-0.3, -0.25) is 19.3 Å². The maximum Gasteiger partial charge on any atom is 0.261 e. The third kappa shape index (κ3) is 4.49. The molecule has 0 radical (unpaired) electrons. The summed E-state index contributed by atoms with van der Waals surface area (Å²) in [5.74, 6) is -0.919. The number of fused-ring (bicyclic) bond motifs is 1. The molecular weight excluding hydrogens is 422 g/mol. The Hall–Kier alpha value is -3.29. The topological polar surface area (TPSA) is 69.7 Å². The molecule has 1 N–H and O–H groups in total. The molecule has 0 aliphatic carbocycles. The molecule has 4 rings (SSSR count). The zero-order chi connectivity index (χ0) is 22.7. The Morgan fingerprint density at radius 3 is 2.44 bits per heavy atom. The van der Waals surface area contributed by atoms with Crippen LogP contribution in [0.4, 0.5) is 0 Å². The van der Waals surface area contributed by atoms with Crippen molar-refractivity contribution in [1.29, 1.82) is 0 Å². The van der Waals surface area contributed by atoms with E-state index in [0.717, 1.165) is 5.56 Å². The van der Waals surface area contributed by atoms with Crippen LogP contribution in [0.25, 0.3) is 0 Å². The van der Waals surface area contributed by atoms with Gasteiger partial charge in [0.25, 0.3) is 17.7 Å². The van der Waals surface area contributed by atoms with Crippen molar-refractivity contribution in [3.8, 4) is 0 Å². The van der Waals surface area contributed by atoms with Gasteiger partial charge in [-0.1, -0.05) is 36.4 Å². The Labute approximate surface area is 191 Å². The van der Waals surface area contributed by atoms with Gasteiger partial charge >= 0.3 is 0 Å². The SMILES string of the molecule is CN(C)C(CNC(=O)c1ccc2c(c1)C(=O)N(CCc1ccccc1)C2=O)c1cccs1. The van der Waals surface area contributed by atoms with Crippen molar-refractivity contribution < 1.29 is 14.4 Å². The molecule has 1 unspecified atom stereocenters. The van der Waals surface area contributed by atoms with Crippen LogP contribution in [0.5, 0.6) is 0 Å². The van der Waals surface area contributed by atoms with E-state index in [1.807, 2.05) is 61.9 Å². The molecule has 6 nitrogen and oxygen atoms in total. The van der Waals surface area contributed by atoms with Crippen molar-refractivity contribution in [2.75, 3.05) is 27.2 Å². The molecular formula is C25H25N3O3S. The standard InChI is InChI=1S/C25H25N3O3S/c1-27(2)21(22-9-6-14-32-22)16-26-23(29)18-10-11-19-20(15-18)25(31)28(24(19)30)13-12-17-7-4-3-5-8-17/h3-11,14-15,21H,12-13,16H2,1-2H3,(H,26,29). The van der Waals surface area contributed by atoms with E-state index in [9.17, 15) is 14.4 Å². The normalized spacial score (nSPS) is 14.0. The van der Waals surface area contributed by atoms with Gasteiger partial charge in [-0.2, -0.15) is 0 Å². The quantitative estimate of drug-likeness (QED) is 0.536. The van der Waals surface area contributed by atoms with Crippen molar-refractivity contribution in [3.05, 3.63) is 93.2 Å². The van der Waals surface area contributed by atoms with Crippen LogP contribution in [0.3, 0.4) is 0 Å². The lowest BCUT2D eigenvalue weighted by Gasteiger charge is -2.23. The van der Waals surface area contributed by atoms with Crippen LogP contribution in [0.15, 0.2) is 66.0 Å². The monoisotopic (exact) mass is 447 g/mol. The van der Waals surface area contributed by atoms with Crippen molar-refractivity contribution in [2.45, 2.75) is 12.5 Å². The molecule has 1 aromatic heterocycles. The average molecular weight is 448 g/mol. The van der Waals surface area contributed by atoms with E-state index in [0.29, 0.717) is 30.6 Å². The zero-order valence-corrected chi connectivity index (χ0v) is 18.9. The molecule has 7 heteroatoms. The Morgan fingerprint density at radius 1 is 1.00 bits per heavy atom. The first kappa shape index (κ1) is 21.9. The summed E-state index contributed by atoms with van der Waals surface area (Å²) in [6.07, 6.45) is 0.592. The molecule has 2 aromatic carbocycles. The number of benzene rings is 2. The number of carbonyl (C=O) groups excluding carboxylic acids is 3. The predicted octanol–water partition coefficient (Wildman–Crippen LogP) is 3.62. The van der Waals surface area contributed by atoms with Crippen LogP contribution in [-0.2, 0) is 6.42 Å². The predicted molar refractivity (Wildman–Crippen MR) is 125 cm³/mol. The molecule has 0 bridgehead atoms. The number of hydrogen-bond acceptors (Lipinski definition) is 5. The summed E-state index contributed by atoms with van der Waals surface area (Å²) in [7, 11) is 3.94. The third-order valence-electron chi connectivity index (χ3n) is 5.65. The highest BCUT2D eigenvalue weighted by atomic mass is 32.1. The Morgan fingerprint density at radius 2 is 1.75 bits per heavy atom. The van der Waals surface area contributed by atoms with Crippen LogP contribution in [0, 0.1) is 0 Å². The second-order valence-corrected chi connectivity index (χ2v) is 8.94. The first-order chi connectivity index (χ1) is 15.5. The number of rotatable bonds is 8. The smallest absolute Gasteiger partial charge is 0.261 e. The minimum atomic E-state index is -0.347. The van der Waals surface area contributed by atoms with Crippen LogP contribution in [-0.4, -0.2) is 54.7 Å². The number of likely N-dealkylation sites (N-methyl/N-ethyl adjacent to an activating group) is 1. The fourth-order valence-corrected chi connectivity index (χ4v) is 4.75. The minimum absolute atomic E-state index is 0.0602. The van der Waals surface area contributed by atoms with E-state index in [4.69, 9.17) is 0 Å². The fourth-order valence-electron chi connectivity index (χ4n) is 3.83. The van der Waals surface area contributed by atoms with Crippen molar-refractivity contribution in [2.24, 2.45) is 0 Å². The molecule has 164 valence electrons. The summed E-state index contributed by atoms with van der Waals surface area (Å²) in [5.41, 5.74) is 2.08. The second-order valence-electron chi connectivity index (χ2n) is 7.96. The summed E-state index contributed by atoms with van der Waals surface area (Å²) >= 11 is 1.65. The highest BCUT2D eigenvalue weighted by Gasteiger charge is 2.35. The maximum atomic E-state index is 12.9. The number of thiophene rings is 1. The largest absolute Gasteiger partial charge is 0.350 e. The van der Waals surface area contributed by atoms with Gasteiger partial charge in [-0.25, -0.2) is 0 Å². The van der Waals surface area contributed by atoms with Gasteiger partial charge in [0.2, 0.25) is 0 Å². The number of amides is 3.